The van der Waals surface area contributed by atoms with Gasteiger partial charge in [-0.3, -0.25) is 0 Å². The Morgan fingerprint density at radius 3 is 2.95 bits per heavy atom. The third-order valence-corrected chi connectivity index (χ3v) is 4.11. The smallest absolute Gasteiger partial charge is 0.199 e. The van der Waals surface area contributed by atoms with E-state index in [1.807, 2.05) is 30.5 Å². The Bertz CT molecular complexity index is 704. The minimum Gasteiger partial charge on any atom is -0.444 e. The fraction of sp³-hybridized carbons (Fsp3) is 0.214. The van der Waals surface area contributed by atoms with E-state index in [1.165, 1.54) is 4.88 Å². The fourth-order valence-electron chi connectivity index (χ4n) is 2.01. The molecule has 2 heterocycles. The van der Waals surface area contributed by atoms with E-state index < -0.39 is 0 Å². The van der Waals surface area contributed by atoms with Crippen LogP contribution in [0.15, 0.2) is 34.9 Å². The molecule has 3 rings (SSSR count). The fourth-order valence-corrected chi connectivity index (χ4v) is 3.02. The van der Waals surface area contributed by atoms with Crippen molar-refractivity contribution in [1.29, 1.82) is 0 Å². The Balaban J connectivity index is 1.73. The average molecular weight is 293 g/mol. The van der Waals surface area contributed by atoms with Crippen LogP contribution in [0.4, 0.5) is 0 Å². The monoisotopic (exact) mass is 292 g/mol. The van der Waals surface area contributed by atoms with Gasteiger partial charge in [0.15, 0.2) is 5.22 Å². The van der Waals surface area contributed by atoms with Crippen LogP contribution in [0.2, 0.25) is 5.22 Å². The zero-order valence-corrected chi connectivity index (χ0v) is 12.0. The van der Waals surface area contributed by atoms with Gasteiger partial charge in [0.1, 0.15) is 10.6 Å². The molecule has 0 atom stereocenters. The van der Waals surface area contributed by atoms with Crippen LogP contribution in [0.3, 0.4) is 0 Å². The molecule has 0 aliphatic heterocycles. The number of nitrogens with one attached hydrogen (secondary N) is 1. The second kappa shape index (κ2) is 5.33. The first-order valence-corrected chi connectivity index (χ1v) is 7.21. The summed E-state index contributed by atoms with van der Waals surface area (Å²) >= 11 is 7.84. The van der Waals surface area contributed by atoms with Crippen molar-refractivity contribution in [2.45, 2.75) is 20.0 Å². The molecule has 0 aliphatic rings. The second-order valence-corrected chi connectivity index (χ2v) is 5.98. The number of para-hydroxylation sites is 1. The highest BCUT2D eigenvalue weighted by Crippen LogP contribution is 2.29. The lowest BCUT2D eigenvalue weighted by Gasteiger charge is -2.01. The van der Waals surface area contributed by atoms with Crippen molar-refractivity contribution < 1.29 is 4.42 Å². The van der Waals surface area contributed by atoms with E-state index in [9.17, 15) is 0 Å². The number of hydrogen-bond donors (Lipinski definition) is 1. The Kier molecular flexibility index (Phi) is 3.55. The molecule has 19 heavy (non-hydrogen) atoms. The lowest BCUT2D eigenvalue weighted by molar-refractivity contribution is 0.604. The summed E-state index contributed by atoms with van der Waals surface area (Å²) in [5, 5.41) is 5.97. The minimum absolute atomic E-state index is 0.462. The van der Waals surface area contributed by atoms with E-state index in [0.717, 1.165) is 28.1 Å². The summed E-state index contributed by atoms with van der Waals surface area (Å²) in [5.74, 6) is 0. The molecule has 0 fully saturated rings. The van der Waals surface area contributed by atoms with E-state index in [1.54, 1.807) is 11.3 Å². The molecule has 0 radical (unpaired) electrons. The highest BCUT2D eigenvalue weighted by atomic mass is 35.5. The number of nitrogens with zero attached hydrogens (tertiary/aromatic N) is 1. The number of aryl methyl sites for hydroxylation is 1. The molecule has 5 heteroatoms. The topological polar surface area (TPSA) is 38.1 Å². The quantitative estimate of drug-likeness (QED) is 0.785. The summed E-state index contributed by atoms with van der Waals surface area (Å²) in [5.41, 5.74) is 1.83. The molecular formula is C14H13ClN2OS. The maximum absolute atomic E-state index is 6.13. The van der Waals surface area contributed by atoms with Gasteiger partial charge >= 0.3 is 0 Å². The van der Waals surface area contributed by atoms with Gasteiger partial charge in [0.2, 0.25) is 0 Å². The first kappa shape index (κ1) is 12.7. The average Bonchev–Trinajstić information content (AvgIpc) is 2.94. The molecule has 0 spiro atoms. The molecule has 0 bridgehead atoms. The highest BCUT2D eigenvalue weighted by Gasteiger charge is 2.11. The van der Waals surface area contributed by atoms with Crippen molar-refractivity contribution in [3.8, 4) is 0 Å². The van der Waals surface area contributed by atoms with Gasteiger partial charge in [-0.05, 0) is 24.6 Å². The van der Waals surface area contributed by atoms with Crippen molar-refractivity contribution in [3.05, 3.63) is 51.1 Å². The van der Waals surface area contributed by atoms with Crippen LogP contribution >= 0.6 is 22.9 Å². The van der Waals surface area contributed by atoms with E-state index in [4.69, 9.17) is 16.0 Å². The number of rotatable bonds is 4. The van der Waals surface area contributed by atoms with Crippen LogP contribution in [0.1, 0.15) is 15.4 Å². The maximum Gasteiger partial charge on any atom is 0.199 e. The predicted molar refractivity (Wildman–Crippen MR) is 78.6 cm³/mol. The van der Waals surface area contributed by atoms with Gasteiger partial charge in [-0.25, -0.2) is 4.98 Å². The van der Waals surface area contributed by atoms with Gasteiger partial charge in [0, 0.05) is 35.1 Å². The molecule has 0 unspecified atom stereocenters. The second-order valence-electron chi connectivity index (χ2n) is 4.32. The van der Waals surface area contributed by atoms with Gasteiger partial charge in [-0.1, -0.05) is 18.2 Å². The number of benzene rings is 1. The number of furan rings is 1. The van der Waals surface area contributed by atoms with E-state index in [0.29, 0.717) is 11.8 Å². The van der Waals surface area contributed by atoms with Crippen molar-refractivity contribution >= 4 is 33.9 Å². The lowest BCUT2D eigenvalue weighted by Crippen LogP contribution is -2.12. The normalized spacial score (nSPS) is 11.3. The van der Waals surface area contributed by atoms with Gasteiger partial charge < -0.3 is 9.73 Å². The zero-order chi connectivity index (χ0) is 13.2. The summed E-state index contributed by atoms with van der Waals surface area (Å²) in [4.78, 5) is 5.54. The first-order chi connectivity index (χ1) is 9.24. The zero-order valence-electron chi connectivity index (χ0n) is 10.4. The highest BCUT2D eigenvalue weighted by molar-refractivity contribution is 7.11. The Labute approximate surface area is 120 Å². The summed E-state index contributed by atoms with van der Waals surface area (Å²) in [6.45, 7) is 3.48. The Morgan fingerprint density at radius 1 is 1.32 bits per heavy atom. The van der Waals surface area contributed by atoms with Crippen molar-refractivity contribution in [2.24, 2.45) is 0 Å². The maximum atomic E-state index is 6.13. The summed E-state index contributed by atoms with van der Waals surface area (Å²) in [7, 11) is 0. The van der Waals surface area contributed by atoms with Crippen molar-refractivity contribution in [1.82, 2.24) is 10.3 Å². The molecule has 3 aromatic rings. The van der Waals surface area contributed by atoms with Crippen LogP contribution in [0.5, 0.6) is 0 Å². The molecule has 2 aromatic heterocycles. The molecule has 0 amide bonds. The van der Waals surface area contributed by atoms with Crippen molar-refractivity contribution in [2.75, 3.05) is 0 Å². The molecule has 1 N–H and O–H groups in total. The van der Waals surface area contributed by atoms with Gasteiger partial charge in [-0.15, -0.1) is 11.3 Å². The van der Waals surface area contributed by atoms with Crippen molar-refractivity contribution in [3.63, 3.8) is 0 Å². The minimum atomic E-state index is 0.462. The molecule has 3 nitrogen and oxygen atoms in total. The van der Waals surface area contributed by atoms with Crippen LogP contribution in [0.25, 0.3) is 11.0 Å². The van der Waals surface area contributed by atoms with Gasteiger partial charge in [-0.2, -0.15) is 0 Å². The Morgan fingerprint density at radius 2 is 2.16 bits per heavy atom. The number of halogens is 1. The molecule has 0 aliphatic carbocycles. The van der Waals surface area contributed by atoms with E-state index in [-0.39, 0.29) is 0 Å². The predicted octanol–water partition coefficient (Wildman–Crippen LogP) is 4.14. The Hall–Kier alpha value is -1.36. The van der Waals surface area contributed by atoms with Gasteiger partial charge in [0.05, 0.1) is 0 Å². The summed E-state index contributed by atoms with van der Waals surface area (Å²) in [6.07, 6.45) is 1.89. The standard InChI is InChI=1S/C14H13ClN2OS/c1-9-6-17-13(19-9)8-16-7-11-10-4-2-3-5-12(10)18-14(11)15/h2-6,16H,7-8H2,1H3. The van der Waals surface area contributed by atoms with Gasteiger partial charge in [0.25, 0.3) is 0 Å². The third-order valence-electron chi connectivity index (χ3n) is 2.90. The molecule has 0 saturated heterocycles. The van der Waals surface area contributed by atoms with E-state index >= 15 is 0 Å². The molecule has 98 valence electrons. The van der Waals surface area contributed by atoms with E-state index in [2.05, 4.69) is 17.2 Å². The first-order valence-electron chi connectivity index (χ1n) is 6.02. The lowest BCUT2D eigenvalue weighted by atomic mass is 10.2. The third kappa shape index (κ3) is 2.66. The molecule has 1 aromatic carbocycles. The molecular weight excluding hydrogens is 280 g/mol. The number of hydrogen-bond acceptors (Lipinski definition) is 4. The summed E-state index contributed by atoms with van der Waals surface area (Å²) < 4.78 is 5.52. The largest absolute Gasteiger partial charge is 0.444 e. The van der Waals surface area contributed by atoms with Crippen LogP contribution in [-0.4, -0.2) is 4.98 Å². The number of aromatic nitrogens is 1. The molecule has 0 saturated carbocycles. The van der Waals surface area contributed by atoms with Crippen LogP contribution < -0.4 is 5.32 Å². The van der Waals surface area contributed by atoms with Crippen LogP contribution in [-0.2, 0) is 13.1 Å². The number of thiazole rings is 1. The number of fused-ring (bicyclic) bond motifs is 1. The van der Waals surface area contributed by atoms with Crippen LogP contribution in [0, 0.1) is 6.92 Å². The SMILES string of the molecule is Cc1cnc(CNCc2c(Cl)oc3ccccc23)s1. The summed E-state index contributed by atoms with van der Waals surface area (Å²) in [6, 6.07) is 7.88.